The molecule has 0 saturated heterocycles. The van der Waals surface area contributed by atoms with Gasteiger partial charge in [-0.1, -0.05) is 30.3 Å². The molecule has 1 aromatic heterocycles. The molecule has 0 radical (unpaired) electrons. The molecule has 2 aromatic carbocycles. The first-order chi connectivity index (χ1) is 13.3. The average molecular weight is 387 g/mol. The van der Waals surface area contributed by atoms with E-state index in [9.17, 15) is 22.8 Å². The Balaban J connectivity index is 1.79. The lowest BCUT2D eigenvalue weighted by atomic mass is 10.0. The Labute approximate surface area is 158 Å². The van der Waals surface area contributed by atoms with E-state index in [1.54, 1.807) is 24.3 Å². The molecule has 0 spiro atoms. The summed E-state index contributed by atoms with van der Waals surface area (Å²) in [5.41, 5.74) is 5.97. The number of carbonyl (C=O) groups excluding carboxylic acids is 2. The van der Waals surface area contributed by atoms with Crippen molar-refractivity contribution in [2.75, 3.05) is 0 Å². The topological polar surface area (TPSA) is 85.1 Å². The first-order valence-corrected chi connectivity index (χ1v) is 8.36. The van der Waals surface area contributed by atoms with Gasteiger partial charge in [-0.2, -0.15) is 13.2 Å². The Morgan fingerprint density at radius 3 is 2.36 bits per heavy atom. The van der Waals surface area contributed by atoms with Crippen molar-refractivity contribution in [3.05, 3.63) is 77.5 Å². The minimum absolute atomic E-state index is 0.0256. The normalized spacial score (nSPS) is 12.5. The third kappa shape index (κ3) is 4.28. The van der Waals surface area contributed by atoms with Crippen LogP contribution in [0.15, 0.2) is 60.8 Å². The van der Waals surface area contributed by atoms with Crippen LogP contribution in [0.3, 0.4) is 0 Å². The first-order valence-electron chi connectivity index (χ1n) is 8.36. The summed E-state index contributed by atoms with van der Waals surface area (Å²) in [6, 6.07) is 11.8. The molecule has 8 heteroatoms. The van der Waals surface area contributed by atoms with E-state index in [-0.39, 0.29) is 6.42 Å². The number of carbonyl (C=O) groups is 2. The van der Waals surface area contributed by atoms with Crippen LogP contribution < -0.4 is 11.1 Å². The fourth-order valence-electron chi connectivity index (χ4n) is 2.82. The average Bonchev–Trinajstić information content (AvgIpc) is 2.66. The van der Waals surface area contributed by atoms with Gasteiger partial charge in [-0.25, -0.2) is 0 Å². The number of nitrogens with zero attached hydrogens (tertiary/aromatic N) is 1. The molecule has 1 atom stereocenters. The zero-order chi connectivity index (χ0) is 20.3. The van der Waals surface area contributed by atoms with Crippen molar-refractivity contribution in [1.29, 1.82) is 0 Å². The largest absolute Gasteiger partial charge is 0.416 e. The van der Waals surface area contributed by atoms with Crippen molar-refractivity contribution in [3.8, 4) is 0 Å². The fourth-order valence-corrected chi connectivity index (χ4v) is 2.82. The van der Waals surface area contributed by atoms with Gasteiger partial charge in [0.25, 0.3) is 5.91 Å². The molecular weight excluding hydrogens is 371 g/mol. The molecule has 3 N–H and O–H groups in total. The number of rotatable bonds is 5. The molecule has 2 amide bonds. The second kappa shape index (κ2) is 7.67. The number of hydrogen-bond acceptors (Lipinski definition) is 3. The molecule has 0 aliphatic heterocycles. The van der Waals surface area contributed by atoms with E-state index in [1.807, 2.05) is 0 Å². The van der Waals surface area contributed by atoms with E-state index in [2.05, 4.69) is 10.3 Å². The number of para-hydroxylation sites is 1. The number of amides is 2. The van der Waals surface area contributed by atoms with Crippen LogP contribution in [0.2, 0.25) is 0 Å². The van der Waals surface area contributed by atoms with Crippen molar-refractivity contribution in [2.45, 2.75) is 18.6 Å². The summed E-state index contributed by atoms with van der Waals surface area (Å²) in [4.78, 5) is 28.6. The van der Waals surface area contributed by atoms with Crippen molar-refractivity contribution in [3.63, 3.8) is 0 Å². The minimum Gasteiger partial charge on any atom is -0.368 e. The number of benzene rings is 2. The van der Waals surface area contributed by atoms with E-state index >= 15 is 0 Å². The van der Waals surface area contributed by atoms with E-state index in [1.165, 1.54) is 24.4 Å². The molecular formula is C20H16F3N3O2. The monoisotopic (exact) mass is 387 g/mol. The molecule has 3 aromatic rings. The number of hydrogen-bond donors (Lipinski definition) is 2. The lowest BCUT2D eigenvalue weighted by molar-refractivity contribution is -0.137. The molecule has 0 fully saturated rings. The van der Waals surface area contributed by atoms with Crippen LogP contribution in [0.5, 0.6) is 0 Å². The standard InChI is InChI=1S/C20H16F3N3O2/c21-20(22,23)13-7-5-12(6-8-13)11-17(18(24)27)26-19(28)15-9-10-25-16-4-2-1-3-14(15)16/h1-10,17H,11H2,(H2,24,27)(H,26,28)/t17-/m0/s1. The van der Waals surface area contributed by atoms with Crippen LogP contribution in [0.4, 0.5) is 13.2 Å². The highest BCUT2D eigenvalue weighted by atomic mass is 19.4. The smallest absolute Gasteiger partial charge is 0.368 e. The summed E-state index contributed by atoms with van der Waals surface area (Å²) in [6.07, 6.45) is -2.99. The third-order valence-corrected chi connectivity index (χ3v) is 4.26. The van der Waals surface area contributed by atoms with Crippen LogP contribution in [0.25, 0.3) is 10.9 Å². The van der Waals surface area contributed by atoms with Gasteiger partial charge < -0.3 is 11.1 Å². The van der Waals surface area contributed by atoms with Gasteiger partial charge in [-0.15, -0.1) is 0 Å². The van der Waals surface area contributed by atoms with E-state index in [0.717, 1.165) is 12.1 Å². The number of aromatic nitrogens is 1. The zero-order valence-corrected chi connectivity index (χ0v) is 14.5. The molecule has 28 heavy (non-hydrogen) atoms. The second-order valence-electron chi connectivity index (χ2n) is 6.20. The number of fused-ring (bicyclic) bond motifs is 1. The first kappa shape index (κ1) is 19.3. The summed E-state index contributed by atoms with van der Waals surface area (Å²) >= 11 is 0. The quantitative estimate of drug-likeness (QED) is 0.706. The summed E-state index contributed by atoms with van der Waals surface area (Å²) < 4.78 is 38.0. The van der Waals surface area contributed by atoms with Gasteiger partial charge in [0, 0.05) is 18.0 Å². The number of alkyl halides is 3. The minimum atomic E-state index is -4.45. The molecule has 0 aliphatic carbocycles. The number of nitrogens with two attached hydrogens (primary N) is 1. The van der Waals surface area contributed by atoms with Crippen molar-refractivity contribution < 1.29 is 22.8 Å². The SMILES string of the molecule is NC(=O)[C@H](Cc1ccc(C(F)(F)F)cc1)NC(=O)c1ccnc2ccccc12. The van der Waals surface area contributed by atoms with Gasteiger partial charge in [0.05, 0.1) is 16.6 Å². The molecule has 0 saturated carbocycles. The fraction of sp³-hybridized carbons (Fsp3) is 0.150. The van der Waals surface area contributed by atoms with Gasteiger partial charge in [-0.05, 0) is 29.8 Å². The van der Waals surface area contributed by atoms with Crippen molar-refractivity contribution in [2.24, 2.45) is 5.73 Å². The van der Waals surface area contributed by atoms with Crippen LogP contribution in [-0.4, -0.2) is 22.8 Å². The predicted octanol–water partition coefficient (Wildman–Crippen LogP) is 3.08. The maximum absolute atomic E-state index is 12.7. The van der Waals surface area contributed by atoms with Gasteiger partial charge in [-0.3, -0.25) is 14.6 Å². The lowest BCUT2D eigenvalue weighted by Gasteiger charge is -2.17. The van der Waals surface area contributed by atoms with Crippen molar-refractivity contribution >= 4 is 22.7 Å². The van der Waals surface area contributed by atoms with Gasteiger partial charge >= 0.3 is 6.18 Å². The van der Waals surface area contributed by atoms with E-state index in [0.29, 0.717) is 22.0 Å². The predicted molar refractivity (Wildman–Crippen MR) is 97.3 cm³/mol. The molecule has 1 heterocycles. The molecule has 144 valence electrons. The van der Waals surface area contributed by atoms with Crippen LogP contribution in [0, 0.1) is 0 Å². The van der Waals surface area contributed by atoms with E-state index < -0.39 is 29.6 Å². The van der Waals surface area contributed by atoms with Gasteiger partial charge in [0.1, 0.15) is 6.04 Å². The Bertz CT molecular complexity index is 1010. The second-order valence-corrected chi connectivity index (χ2v) is 6.20. The van der Waals surface area contributed by atoms with Gasteiger partial charge in [0.15, 0.2) is 0 Å². The summed E-state index contributed by atoms with van der Waals surface area (Å²) in [7, 11) is 0. The van der Waals surface area contributed by atoms with Gasteiger partial charge in [0.2, 0.25) is 5.91 Å². The Kier molecular flexibility index (Phi) is 5.30. The van der Waals surface area contributed by atoms with Crippen LogP contribution in [-0.2, 0) is 17.4 Å². The van der Waals surface area contributed by atoms with Crippen molar-refractivity contribution in [1.82, 2.24) is 10.3 Å². The molecule has 0 unspecified atom stereocenters. The molecule has 3 rings (SSSR count). The summed E-state index contributed by atoms with van der Waals surface area (Å²) in [6.45, 7) is 0. The highest BCUT2D eigenvalue weighted by molar-refractivity contribution is 6.07. The Morgan fingerprint density at radius 1 is 1.04 bits per heavy atom. The number of pyridine rings is 1. The Morgan fingerprint density at radius 2 is 1.71 bits per heavy atom. The highest BCUT2D eigenvalue weighted by Crippen LogP contribution is 2.29. The molecule has 0 aliphatic rings. The summed E-state index contributed by atoms with van der Waals surface area (Å²) in [5, 5.41) is 3.17. The van der Waals surface area contributed by atoms with E-state index in [4.69, 9.17) is 5.73 Å². The number of primary amides is 1. The molecule has 0 bridgehead atoms. The lowest BCUT2D eigenvalue weighted by Crippen LogP contribution is -2.45. The number of halogens is 3. The summed E-state index contributed by atoms with van der Waals surface area (Å²) in [5.74, 6) is -1.30. The Hall–Kier alpha value is -3.42. The maximum Gasteiger partial charge on any atom is 0.416 e. The maximum atomic E-state index is 12.7. The van der Waals surface area contributed by atoms with Crippen LogP contribution in [0.1, 0.15) is 21.5 Å². The number of nitrogens with one attached hydrogen (secondary N) is 1. The zero-order valence-electron chi connectivity index (χ0n) is 14.5. The third-order valence-electron chi connectivity index (χ3n) is 4.26. The molecule has 5 nitrogen and oxygen atoms in total. The van der Waals surface area contributed by atoms with Crippen LogP contribution >= 0.6 is 0 Å². The highest BCUT2D eigenvalue weighted by Gasteiger charge is 2.30.